The van der Waals surface area contributed by atoms with Crippen LogP contribution in [0.5, 0.6) is 0 Å². The second-order valence-electron chi connectivity index (χ2n) is 9.59. The van der Waals surface area contributed by atoms with Crippen LogP contribution in [0.3, 0.4) is 0 Å². The molecule has 4 saturated carbocycles. The summed E-state index contributed by atoms with van der Waals surface area (Å²) in [6, 6.07) is 0. The molecule has 0 aromatic carbocycles. The maximum Gasteiger partial charge on any atom is 0.133 e. The van der Waals surface area contributed by atoms with Gasteiger partial charge in [0.05, 0.1) is 6.10 Å². The number of hydrogen-bond acceptors (Lipinski definition) is 2. The van der Waals surface area contributed by atoms with Gasteiger partial charge in [0.1, 0.15) is 5.78 Å². The minimum atomic E-state index is -0.0795. The lowest BCUT2D eigenvalue weighted by Crippen LogP contribution is -2.56. The summed E-state index contributed by atoms with van der Waals surface area (Å²) in [4.78, 5) is 12.0. The van der Waals surface area contributed by atoms with E-state index >= 15 is 0 Å². The number of ketones is 1. The highest BCUT2D eigenvalue weighted by molar-refractivity contribution is 5.79. The minimum absolute atomic E-state index is 0.0795. The molecule has 4 aliphatic rings. The van der Waals surface area contributed by atoms with Crippen molar-refractivity contribution >= 4 is 5.78 Å². The van der Waals surface area contributed by atoms with E-state index in [4.69, 9.17) is 0 Å². The number of hydrogen-bond donors (Lipinski definition) is 1. The zero-order chi connectivity index (χ0) is 15.7. The Morgan fingerprint density at radius 3 is 2.55 bits per heavy atom. The van der Waals surface area contributed by atoms with Gasteiger partial charge in [0.15, 0.2) is 0 Å². The van der Waals surface area contributed by atoms with Crippen molar-refractivity contribution in [1.29, 1.82) is 0 Å². The molecule has 4 fully saturated rings. The Hall–Kier alpha value is -0.370. The Balaban J connectivity index is 1.68. The number of Topliss-reactive ketones (excluding diaryl/α,β-unsaturated/α-hetero) is 1. The second kappa shape index (κ2) is 4.82. The fourth-order valence-electron chi connectivity index (χ4n) is 7.40. The normalized spacial score (nSPS) is 57.9. The number of rotatable bonds is 0. The minimum Gasteiger partial charge on any atom is -0.393 e. The predicted molar refractivity (Wildman–Crippen MR) is 87.3 cm³/mol. The summed E-state index contributed by atoms with van der Waals surface area (Å²) in [5.41, 5.74) is 0.559. The lowest BCUT2D eigenvalue weighted by Gasteiger charge is -2.62. The average molecular weight is 304 g/mol. The third kappa shape index (κ3) is 1.85. The molecule has 0 radical (unpaired) electrons. The summed E-state index contributed by atoms with van der Waals surface area (Å²) >= 11 is 0. The first-order valence-corrected chi connectivity index (χ1v) is 9.56. The molecular weight excluding hydrogens is 272 g/mol. The molecule has 2 nitrogen and oxygen atoms in total. The fraction of sp³-hybridized carbons (Fsp3) is 0.950. The van der Waals surface area contributed by atoms with Gasteiger partial charge in [0, 0.05) is 12.8 Å². The SMILES string of the molecule is C[C@@H]1CC2CC(=O)CC[C@]2(C)C2CC[C@@]3(C)C(CC[C@@H]3O)C21. The molecule has 0 amide bonds. The largest absolute Gasteiger partial charge is 0.393 e. The van der Waals surface area contributed by atoms with Crippen molar-refractivity contribution in [3.8, 4) is 0 Å². The maximum absolute atomic E-state index is 12.0. The number of carbonyl (C=O) groups is 1. The Bertz CT molecular complexity index is 486. The molecule has 0 bridgehead atoms. The van der Waals surface area contributed by atoms with Crippen LogP contribution in [0.1, 0.15) is 72.1 Å². The molecule has 0 heterocycles. The number of aliphatic hydroxyl groups excluding tert-OH is 1. The van der Waals surface area contributed by atoms with E-state index in [0.29, 0.717) is 23.0 Å². The first-order chi connectivity index (χ1) is 10.4. The molecular formula is C20H32O2. The van der Waals surface area contributed by atoms with Crippen LogP contribution in [0.25, 0.3) is 0 Å². The first kappa shape index (κ1) is 15.2. The zero-order valence-electron chi connectivity index (χ0n) is 14.5. The van der Waals surface area contributed by atoms with E-state index in [0.717, 1.165) is 43.4 Å². The van der Waals surface area contributed by atoms with Crippen molar-refractivity contribution in [1.82, 2.24) is 0 Å². The Kier molecular flexibility index (Phi) is 3.32. The lowest BCUT2D eigenvalue weighted by molar-refractivity contribution is -0.153. The second-order valence-corrected chi connectivity index (χ2v) is 9.59. The van der Waals surface area contributed by atoms with Gasteiger partial charge in [-0.3, -0.25) is 4.79 Å². The topological polar surface area (TPSA) is 37.3 Å². The van der Waals surface area contributed by atoms with Gasteiger partial charge in [0.2, 0.25) is 0 Å². The fourth-order valence-corrected chi connectivity index (χ4v) is 7.40. The third-order valence-corrected chi connectivity index (χ3v) is 8.79. The number of carbonyl (C=O) groups excluding carboxylic acids is 1. The van der Waals surface area contributed by atoms with E-state index in [1.807, 2.05) is 0 Å². The van der Waals surface area contributed by atoms with Gasteiger partial charge < -0.3 is 5.11 Å². The summed E-state index contributed by atoms with van der Waals surface area (Å²) in [6.07, 6.45) is 8.65. The molecule has 124 valence electrons. The molecule has 4 unspecified atom stereocenters. The van der Waals surface area contributed by atoms with E-state index < -0.39 is 0 Å². The van der Waals surface area contributed by atoms with Crippen molar-refractivity contribution < 1.29 is 9.90 Å². The molecule has 0 aromatic heterocycles. The summed E-state index contributed by atoms with van der Waals surface area (Å²) in [5, 5.41) is 10.5. The average Bonchev–Trinajstić information content (AvgIpc) is 2.77. The van der Waals surface area contributed by atoms with Gasteiger partial charge in [0.25, 0.3) is 0 Å². The van der Waals surface area contributed by atoms with Crippen LogP contribution in [-0.2, 0) is 4.79 Å². The van der Waals surface area contributed by atoms with E-state index in [2.05, 4.69) is 20.8 Å². The standard InChI is InChI=1S/C20H32O2/c1-12-10-13-11-14(21)6-8-19(13,2)16-7-9-20(3)15(18(12)16)4-5-17(20)22/h12-13,15-18,22H,4-11H2,1-3H3/t12-,13?,15?,16?,17+,18?,19+,20+/m1/s1. The lowest BCUT2D eigenvalue weighted by atomic mass is 9.43. The summed E-state index contributed by atoms with van der Waals surface area (Å²) < 4.78 is 0. The van der Waals surface area contributed by atoms with Crippen molar-refractivity contribution in [2.45, 2.75) is 78.2 Å². The monoisotopic (exact) mass is 304 g/mol. The highest BCUT2D eigenvalue weighted by Gasteiger charge is 2.61. The van der Waals surface area contributed by atoms with Crippen LogP contribution in [0.4, 0.5) is 0 Å². The molecule has 0 aliphatic heterocycles. The molecule has 8 atom stereocenters. The van der Waals surface area contributed by atoms with Crippen LogP contribution in [0.2, 0.25) is 0 Å². The molecule has 0 saturated heterocycles. The van der Waals surface area contributed by atoms with Gasteiger partial charge in [-0.2, -0.15) is 0 Å². The number of fused-ring (bicyclic) bond motifs is 5. The molecule has 2 heteroatoms. The summed E-state index contributed by atoms with van der Waals surface area (Å²) in [6.45, 7) is 7.30. The van der Waals surface area contributed by atoms with Gasteiger partial charge in [-0.25, -0.2) is 0 Å². The highest BCUT2D eigenvalue weighted by atomic mass is 16.3. The highest BCUT2D eigenvalue weighted by Crippen LogP contribution is 2.67. The third-order valence-electron chi connectivity index (χ3n) is 8.79. The van der Waals surface area contributed by atoms with Crippen LogP contribution in [0.15, 0.2) is 0 Å². The van der Waals surface area contributed by atoms with Crippen molar-refractivity contribution in [3.05, 3.63) is 0 Å². The van der Waals surface area contributed by atoms with E-state index in [9.17, 15) is 9.90 Å². The van der Waals surface area contributed by atoms with Gasteiger partial charge in [-0.15, -0.1) is 0 Å². The predicted octanol–water partition coefficient (Wildman–Crippen LogP) is 4.21. The molecule has 0 aromatic rings. The van der Waals surface area contributed by atoms with Crippen molar-refractivity contribution in [2.75, 3.05) is 0 Å². The first-order valence-electron chi connectivity index (χ1n) is 9.56. The summed E-state index contributed by atoms with van der Waals surface area (Å²) in [5.74, 6) is 4.14. The van der Waals surface area contributed by atoms with E-state index in [-0.39, 0.29) is 11.5 Å². The Morgan fingerprint density at radius 1 is 1.05 bits per heavy atom. The van der Waals surface area contributed by atoms with Crippen LogP contribution in [-0.4, -0.2) is 17.0 Å². The Morgan fingerprint density at radius 2 is 1.77 bits per heavy atom. The van der Waals surface area contributed by atoms with E-state index in [1.165, 1.54) is 25.7 Å². The van der Waals surface area contributed by atoms with Gasteiger partial charge in [-0.05, 0) is 78.9 Å². The van der Waals surface area contributed by atoms with Gasteiger partial charge >= 0.3 is 0 Å². The molecule has 22 heavy (non-hydrogen) atoms. The zero-order valence-corrected chi connectivity index (χ0v) is 14.5. The van der Waals surface area contributed by atoms with E-state index in [1.54, 1.807) is 0 Å². The van der Waals surface area contributed by atoms with Crippen LogP contribution >= 0.6 is 0 Å². The molecule has 1 N–H and O–H groups in total. The molecule has 4 aliphatic carbocycles. The quantitative estimate of drug-likeness (QED) is 0.728. The van der Waals surface area contributed by atoms with Crippen molar-refractivity contribution in [3.63, 3.8) is 0 Å². The Labute approximate surface area is 135 Å². The molecule has 4 rings (SSSR count). The smallest absolute Gasteiger partial charge is 0.133 e. The van der Waals surface area contributed by atoms with Crippen LogP contribution < -0.4 is 0 Å². The molecule has 0 spiro atoms. The van der Waals surface area contributed by atoms with Crippen LogP contribution in [0, 0.1) is 40.4 Å². The maximum atomic E-state index is 12.0. The van der Waals surface area contributed by atoms with Crippen molar-refractivity contribution in [2.24, 2.45) is 40.4 Å². The van der Waals surface area contributed by atoms with Gasteiger partial charge in [-0.1, -0.05) is 20.8 Å². The summed E-state index contributed by atoms with van der Waals surface area (Å²) in [7, 11) is 0. The number of aliphatic hydroxyl groups is 1.